The number of ether oxygens (including phenoxy) is 2. The van der Waals surface area contributed by atoms with E-state index in [-0.39, 0.29) is 17.9 Å². The third kappa shape index (κ3) is 3.38. The third-order valence-electron chi connectivity index (χ3n) is 2.69. The van der Waals surface area contributed by atoms with Gasteiger partial charge in [-0.25, -0.2) is 14.8 Å². The molecule has 0 spiro atoms. The highest BCUT2D eigenvalue weighted by molar-refractivity contribution is 5.97. The number of rotatable bonds is 5. The van der Waals surface area contributed by atoms with Gasteiger partial charge in [-0.05, 0) is 19.1 Å². The van der Waals surface area contributed by atoms with Gasteiger partial charge in [-0.15, -0.1) is 0 Å². The SMILES string of the molecule is CCOC(=O)c1ccnc(Nc2ccc(OC)nc2)c1N. The van der Waals surface area contributed by atoms with E-state index in [4.69, 9.17) is 15.2 Å². The molecule has 0 aliphatic rings. The van der Waals surface area contributed by atoms with Gasteiger partial charge in [0.2, 0.25) is 5.88 Å². The number of esters is 1. The largest absolute Gasteiger partial charge is 0.481 e. The normalized spacial score (nSPS) is 10.0. The summed E-state index contributed by atoms with van der Waals surface area (Å²) in [6.45, 7) is 2.02. The van der Waals surface area contributed by atoms with E-state index in [9.17, 15) is 4.79 Å². The van der Waals surface area contributed by atoms with Crippen LogP contribution in [-0.2, 0) is 4.74 Å². The molecule has 7 nitrogen and oxygen atoms in total. The van der Waals surface area contributed by atoms with Gasteiger partial charge in [-0.1, -0.05) is 0 Å². The molecule has 0 aliphatic heterocycles. The second-order valence-corrected chi connectivity index (χ2v) is 4.06. The van der Waals surface area contributed by atoms with Crippen LogP contribution < -0.4 is 15.8 Å². The van der Waals surface area contributed by atoms with E-state index in [2.05, 4.69) is 15.3 Å². The first-order valence-corrected chi connectivity index (χ1v) is 6.34. The Balaban J connectivity index is 2.23. The summed E-state index contributed by atoms with van der Waals surface area (Å²) in [6.07, 6.45) is 3.07. The van der Waals surface area contributed by atoms with Gasteiger partial charge in [-0.2, -0.15) is 0 Å². The first-order chi connectivity index (χ1) is 10.2. The number of hydrogen-bond acceptors (Lipinski definition) is 7. The van der Waals surface area contributed by atoms with E-state index in [1.54, 1.807) is 25.3 Å². The second-order valence-electron chi connectivity index (χ2n) is 4.06. The molecule has 0 aromatic carbocycles. The fourth-order valence-electron chi connectivity index (χ4n) is 1.67. The summed E-state index contributed by atoms with van der Waals surface area (Å²) in [7, 11) is 1.54. The number of anilines is 3. The predicted octanol–water partition coefficient (Wildman–Crippen LogP) is 1.99. The molecule has 7 heteroatoms. The molecular weight excluding hydrogens is 272 g/mol. The Kier molecular flexibility index (Phi) is 4.55. The number of pyridine rings is 2. The molecule has 2 rings (SSSR count). The zero-order valence-corrected chi connectivity index (χ0v) is 11.8. The summed E-state index contributed by atoms with van der Waals surface area (Å²) in [4.78, 5) is 19.9. The first kappa shape index (κ1) is 14.6. The van der Waals surface area contributed by atoms with Gasteiger partial charge in [0, 0.05) is 12.3 Å². The second kappa shape index (κ2) is 6.56. The Morgan fingerprint density at radius 2 is 2.14 bits per heavy atom. The molecule has 3 N–H and O–H groups in total. The Morgan fingerprint density at radius 3 is 2.76 bits per heavy atom. The van der Waals surface area contributed by atoms with Crippen molar-refractivity contribution in [3.8, 4) is 5.88 Å². The monoisotopic (exact) mass is 288 g/mol. The van der Waals surface area contributed by atoms with Crippen molar-refractivity contribution in [3.05, 3.63) is 36.2 Å². The molecule has 0 unspecified atom stereocenters. The van der Waals surface area contributed by atoms with Crippen LogP contribution in [-0.4, -0.2) is 29.7 Å². The van der Waals surface area contributed by atoms with Crippen molar-refractivity contribution in [3.63, 3.8) is 0 Å². The molecule has 110 valence electrons. The van der Waals surface area contributed by atoms with E-state index in [1.165, 1.54) is 19.4 Å². The molecule has 21 heavy (non-hydrogen) atoms. The summed E-state index contributed by atoms with van der Waals surface area (Å²) in [5.41, 5.74) is 7.13. The van der Waals surface area contributed by atoms with E-state index >= 15 is 0 Å². The van der Waals surface area contributed by atoms with E-state index in [0.29, 0.717) is 17.4 Å². The number of methoxy groups -OCH3 is 1. The van der Waals surface area contributed by atoms with E-state index in [1.807, 2.05) is 0 Å². The molecule has 0 saturated heterocycles. The summed E-state index contributed by atoms with van der Waals surface area (Å²) < 4.78 is 9.92. The van der Waals surface area contributed by atoms with Crippen molar-refractivity contribution >= 4 is 23.2 Å². The van der Waals surface area contributed by atoms with Crippen LogP contribution >= 0.6 is 0 Å². The van der Waals surface area contributed by atoms with Gasteiger partial charge < -0.3 is 20.5 Å². The molecule has 2 heterocycles. The average molecular weight is 288 g/mol. The molecule has 0 aliphatic carbocycles. The Morgan fingerprint density at radius 1 is 1.33 bits per heavy atom. The number of hydrogen-bond donors (Lipinski definition) is 2. The molecule has 0 radical (unpaired) electrons. The highest BCUT2D eigenvalue weighted by Gasteiger charge is 2.14. The van der Waals surface area contributed by atoms with Crippen molar-refractivity contribution in [2.24, 2.45) is 0 Å². The van der Waals surface area contributed by atoms with Crippen LogP contribution in [0.3, 0.4) is 0 Å². The molecule has 0 fully saturated rings. The van der Waals surface area contributed by atoms with Crippen molar-refractivity contribution in [2.45, 2.75) is 6.92 Å². The zero-order valence-electron chi connectivity index (χ0n) is 11.8. The van der Waals surface area contributed by atoms with Crippen molar-refractivity contribution < 1.29 is 14.3 Å². The quantitative estimate of drug-likeness (QED) is 0.811. The number of carbonyl (C=O) groups is 1. The number of aromatic nitrogens is 2. The van der Waals surface area contributed by atoms with Gasteiger partial charge in [0.05, 0.1) is 36.9 Å². The van der Waals surface area contributed by atoms with Gasteiger partial charge >= 0.3 is 5.97 Å². The van der Waals surface area contributed by atoms with Gasteiger partial charge in [-0.3, -0.25) is 0 Å². The fourth-order valence-corrected chi connectivity index (χ4v) is 1.67. The highest BCUT2D eigenvalue weighted by atomic mass is 16.5. The van der Waals surface area contributed by atoms with Crippen LogP contribution in [0.15, 0.2) is 30.6 Å². The van der Waals surface area contributed by atoms with Crippen LogP contribution in [0.4, 0.5) is 17.2 Å². The molecule has 0 atom stereocenters. The fraction of sp³-hybridized carbons (Fsp3) is 0.214. The number of nitrogen functional groups attached to an aromatic ring is 1. The molecule has 0 amide bonds. The van der Waals surface area contributed by atoms with Crippen molar-refractivity contribution in [2.75, 3.05) is 24.8 Å². The Bertz CT molecular complexity index is 629. The van der Waals surface area contributed by atoms with Gasteiger partial charge in [0.1, 0.15) is 0 Å². The Labute approximate surface area is 122 Å². The topological polar surface area (TPSA) is 99.4 Å². The summed E-state index contributed by atoms with van der Waals surface area (Å²) in [5.74, 6) is 0.391. The smallest absolute Gasteiger partial charge is 0.340 e. The minimum atomic E-state index is -0.478. The molecule has 2 aromatic rings. The van der Waals surface area contributed by atoms with Crippen LogP contribution in [0.1, 0.15) is 17.3 Å². The van der Waals surface area contributed by atoms with Crippen LogP contribution in [0, 0.1) is 0 Å². The lowest BCUT2D eigenvalue weighted by Crippen LogP contribution is -2.10. The van der Waals surface area contributed by atoms with E-state index in [0.717, 1.165) is 0 Å². The number of nitrogens with zero attached hydrogens (tertiary/aromatic N) is 2. The maximum Gasteiger partial charge on any atom is 0.340 e. The highest BCUT2D eigenvalue weighted by Crippen LogP contribution is 2.24. The number of nitrogens with one attached hydrogen (secondary N) is 1. The molecule has 2 aromatic heterocycles. The van der Waals surface area contributed by atoms with Crippen LogP contribution in [0.25, 0.3) is 0 Å². The minimum absolute atomic E-state index is 0.228. The Hall–Kier alpha value is -2.83. The molecule has 0 bridgehead atoms. The van der Waals surface area contributed by atoms with Crippen molar-refractivity contribution in [1.82, 2.24) is 9.97 Å². The lowest BCUT2D eigenvalue weighted by molar-refractivity contribution is 0.0527. The summed E-state index contributed by atoms with van der Waals surface area (Å²) >= 11 is 0. The van der Waals surface area contributed by atoms with Crippen LogP contribution in [0.5, 0.6) is 5.88 Å². The molecule has 0 saturated carbocycles. The van der Waals surface area contributed by atoms with Gasteiger partial charge in [0.25, 0.3) is 0 Å². The zero-order chi connectivity index (χ0) is 15.2. The first-order valence-electron chi connectivity index (χ1n) is 6.34. The lowest BCUT2D eigenvalue weighted by atomic mass is 10.2. The van der Waals surface area contributed by atoms with Crippen LogP contribution in [0.2, 0.25) is 0 Å². The summed E-state index contributed by atoms with van der Waals surface area (Å²) in [6, 6.07) is 4.99. The van der Waals surface area contributed by atoms with Gasteiger partial charge in [0.15, 0.2) is 5.82 Å². The molecular formula is C14H16N4O3. The standard InChI is InChI=1S/C14H16N4O3/c1-3-21-14(19)10-6-7-16-13(12(10)15)18-9-4-5-11(20-2)17-8-9/h4-8H,3,15H2,1-2H3,(H,16,18). The maximum atomic E-state index is 11.8. The number of nitrogens with two attached hydrogens (primary N) is 1. The predicted molar refractivity (Wildman–Crippen MR) is 78.7 cm³/mol. The minimum Gasteiger partial charge on any atom is -0.481 e. The van der Waals surface area contributed by atoms with E-state index < -0.39 is 5.97 Å². The third-order valence-corrected chi connectivity index (χ3v) is 2.69. The number of carbonyl (C=O) groups excluding carboxylic acids is 1. The van der Waals surface area contributed by atoms with Crippen molar-refractivity contribution in [1.29, 1.82) is 0 Å². The lowest BCUT2D eigenvalue weighted by Gasteiger charge is -2.11. The maximum absolute atomic E-state index is 11.8. The summed E-state index contributed by atoms with van der Waals surface area (Å²) in [5, 5.41) is 3.00. The average Bonchev–Trinajstić information content (AvgIpc) is 2.50.